The standard InChI is InChI=1S/C33H30N4O5S/c1-41-25-17-22(18-26(21-25)42-2)19-30-31(36-29-14-7-6-13-28(29)35-30)37-43(39,40)27-12-8-11-24(20-27)34-32(38)33(15-16-33)23-9-4-3-5-10-23/h3-14,17-18,20-21H,15-16,19H2,1-2H3,(H,34,38)(H,36,37). The van der Waals surface area contributed by atoms with Crippen molar-refractivity contribution in [3.8, 4) is 11.5 Å². The van der Waals surface area contributed by atoms with Crippen LogP contribution in [0, 0.1) is 0 Å². The first-order valence-corrected chi connectivity index (χ1v) is 15.3. The van der Waals surface area contributed by atoms with Gasteiger partial charge in [-0.1, -0.05) is 48.5 Å². The van der Waals surface area contributed by atoms with Gasteiger partial charge in [-0.3, -0.25) is 9.52 Å². The molecule has 0 aliphatic heterocycles. The number of aromatic nitrogens is 2. The van der Waals surface area contributed by atoms with E-state index >= 15 is 0 Å². The summed E-state index contributed by atoms with van der Waals surface area (Å²) in [4.78, 5) is 22.6. The molecule has 0 spiro atoms. The summed E-state index contributed by atoms with van der Waals surface area (Å²) in [6.07, 6.45) is 1.75. The second-order valence-electron chi connectivity index (χ2n) is 10.4. The zero-order valence-electron chi connectivity index (χ0n) is 23.7. The van der Waals surface area contributed by atoms with Crippen LogP contribution in [0.3, 0.4) is 0 Å². The van der Waals surface area contributed by atoms with E-state index in [1.807, 2.05) is 60.7 Å². The number of nitrogens with zero attached hydrogens (tertiary/aromatic N) is 2. The van der Waals surface area contributed by atoms with Crippen molar-refractivity contribution in [3.63, 3.8) is 0 Å². The Kier molecular flexibility index (Phi) is 7.45. The molecule has 5 aromatic rings. The summed E-state index contributed by atoms with van der Waals surface area (Å²) in [5.41, 5.74) is 3.17. The Morgan fingerprint density at radius 2 is 1.47 bits per heavy atom. The Labute approximate surface area is 250 Å². The van der Waals surface area contributed by atoms with Crippen LogP contribution in [-0.4, -0.2) is 38.5 Å². The molecule has 218 valence electrons. The monoisotopic (exact) mass is 594 g/mol. The third-order valence-corrected chi connectivity index (χ3v) is 8.91. The topological polar surface area (TPSA) is 120 Å². The second kappa shape index (κ2) is 11.4. The third-order valence-electron chi connectivity index (χ3n) is 7.57. The highest BCUT2D eigenvalue weighted by Crippen LogP contribution is 2.49. The van der Waals surface area contributed by atoms with Gasteiger partial charge in [-0.2, -0.15) is 0 Å². The van der Waals surface area contributed by atoms with Crippen LogP contribution in [0.15, 0.2) is 102 Å². The molecule has 1 saturated carbocycles. The van der Waals surface area contributed by atoms with Gasteiger partial charge in [0.25, 0.3) is 10.0 Å². The van der Waals surface area contributed by atoms with Gasteiger partial charge < -0.3 is 14.8 Å². The SMILES string of the molecule is COc1cc(Cc2nc3ccccc3nc2NS(=O)(=O)c2cccc(NC(=O)C3(c4ccccc4)CC3)c2)cc(OC)c1. The number of rotatable bonds is 10. The van der Waals surface area contributed by atoms with Crippen molar-refractivity contribution in [2.75, 3.05) is 24.3 Å². The Morgan fingerprint density at radius 3 is 2.12 bits per heavy atom. The molecule has 4 aromatic carbocycles. The molecule has 0 bridgehead atoms. The Bertz CT molecular complexity index is 1900. The smallest absolute Gasteiger partial charge is 0.263 e. The minimum absolute atomic E-state index is 0.0150. The highest BCUT2D eigenvalue weighted by Gasteiger charge is 2.51. The molecule has 1 aliphatic carbocycles. The number of amides is 1. The van der Waals surface area contributed by atoms with Crippen molar-refractivity contribution in [2.24, 2.45) is 0 Å². The van der Waals surface area contributed by atoms with E-state index in [1.165, 1.54) is 12.1 Å². The summed E-state index contributed by atoms with van der Waals surface area (Å²) in [5.74, 6) is 1.15. The molecule has 1 heterocycles. The van der Waals surface area contributed by atoms with Crippen LogP contribution in [0.4, 0.5) is 11.5 Å². The number of nitrogens with one attached hydrogen (secondary N) is 2. The first-order chi connectivity index (χ1) is 20.8. The molecule has 1 amide bonds. The van der Waals surface area contributed by atoms with Crippen molar-refractivity contribution < 1.29 is 22.7 Å². The molecule has 10 heteroatoms. The minimum Gasteiger partial charge on any atom is -0.497 e. The molecular formula is C33H30N4O5S. The quantitative estimate of drug-likeness (QED) is 0.213. The van der Waals surface area contributed by atoms with Crippen molar-refractivity contribution in [1.29, 1.82) is 0 Å². The van der Waals surface area contributed by atoms with Gasteiger partial charge in [0.15, 0.2) is 5.82 Å². The molecular weight excluding hydrogens is 564 g/mol. The van der Waals surface area contributed by atoms with Gasteiger partial charge in [0.1, 0.15) is 11.5 Å². The highest BCUT2D eigenvalue weighted by molar-refractivity contribution is 7.92. The molecule has 0 unspecified atom stereocenters. The fourth-order valence-corrected chi connectivity index (χ4v) is 6.19. The fourth-order valence-electron chi connectivity index (χ4n) is 5.11. The van der Waals surface area contributed by atoms with Crippen molar-refractivity contribution in [1.82, 2.24) is 9.97 Å². The van der Waals surface area contributed by atoms with Crippen LogP contribution in [-0.2, 0) is 26.7 Å². The van der Waals surface area contributed by atoms with Gasteiger partial charge in [0, 0.05) is 18.2 Å². The molecule has 43 heavy (non-hydrogen) atoms. The number of carbonyl (C=O) groups is 1. The minimum atomic E-state index is -4.11. The van der Waals surface area contributed by atoms with Crippen LogP contribution < -0.4 is 19.5 Å². The van der Waals surface area contributed by atoms with Gasteiger partial charge in [-0.15, -0.1) is 0 Å². The van der Waals surface area contributed by atoms with E-state index in [4.69, 9.17) is 14.5 Å². The largest absolute Gasteiger partial charge is 0.497 e. The second-order valence-corrected chi connectivity index (χ2v) is 12.1. The van der Waals surface area contributed by atoms with Gasteiger partial charge in [-0.05, 0) is 66.4 Å². The van der Waals surface area contributed by atoms with Crippen LogP contribution >= 0.6 is 0 Å². The number of sulfonamides is 1. The number of ether oxygens (including phenoxy) is 2. The zero-order valence-corrected chi connectivity index (χ0v) is 24.5. The molecule has 0 radical (unpaired) electrons. The first-order valence-electron chi connectivity index (χ1n) is 13.8. The molecule has 0 atom stereocenters. The summed E-state index contributed by atoms with van der Waals surface area (Å²) in [6, 6.07) is 28.5. The lowest BCUT2D eigenvalue weighted by molar-refractivity contribution is -0.118. The number of para-hydroxylation sites is 2. The van der Waals surface area contributed by atoms with Crippen LogP contribution in [0.5, 0.6) is 11.5 Å². The normalized spacial score (nSPS) is 13.7. The number of methoxy groups -OCH3 is 2. The maximum absolute atomic E-state index is 13.7. The number of benzene rings is 4. The van der Waals surface area contributed by atoms with Gasteiger partial charge in [0.2, 0.25) is 5.91 Å². The highest BCUT2D eigenvalue weighted by atomic mass is 32.2. The van der Waals surface area contributed by atoms with Gasteiger partial charge in [-0.25, -0.2) is 18.4 Å². The number of hydrogen-bond acceptors (Lipinski definition) is 7. The lowest BCUT2D eigenvalue weighted by Gasteiger charge is -2.17. The molecule has 0 saturated heterocycles. The average molecular weight is 595 g/mol. The number of carbonyl (C=O) groups excluding carboxylic acids is 1. The molecule has 1 aliphatic rings. The molecule has 6 rings (SSSR count). The summed E-state index contributed by atoms with van der Waals surface area (Å²) in [6.45, 7) is 0. The number of hydrogen-bond donors (Lipinski definition) is 2. The zero-order chi connectivity index (χ0) is 30.0. The molecule has 1 aromatic heterocycles. The maximum Gasteiger partial charge on any atom is 0.263 e. The summed E-state index contributed by atoms with van der Waals surface area (Å²) in [7, 11) is -0.974. The van der Waals surface area contributed by atoms with Crippen LogP contribution in [0.25, 0.3) is 11.0 Å². The van der Waals surface area contributed by atoms with Crippen LogP contribution in [0.2, 0.25) is 0 Å². The van der Waals surface area contributed by atoms with E-state index in [0.29, 0.717) is 33.9 Å². The van der Waals surface area contributed by atoms with Gasteiger partial charge >= 0.3 is 0 Å². The molecule has 1 fully saturated rings. The third kappa shape index (κ3) is 5.87. The number of anilines is 2. The van der Waals surface area contributed by atoms with E-state index in [9.17, 15) is 13.2 Å². The first kappa shape index (κ1) is 28.2. The lowest BCUT2D eigenvalue weighted by Crippen LogP contribution is -2.27. The molecule has 9 nitrogen and oxygen atoms in total. The summed E-state index contributed by atoms with van der Waals surface area (Å²) in [5, 5.41) is 2.93. The Hall–Kier alpha value is -4.96. The number of fused-ring (bicyclic) bond motifs is 1. The Balaban J connectivity index is 1.30. The summed E-state index contributed by atoms with van der Waals surface area (Å²) >= 11 is 0. The predicted octanol–water partition coefficient (Wildman–Crippen LogP) is 5.71. The van der Waals surface area contributed by atoms with E-state index in [2.05, 4.69) is 15.0 Å². The van der Waals surface area contributed by atoms with Crippen molar-refractivity contribution in [2.45, 2.75) is 29.6 Å². The Morgan fingerprint density at radius 1 is 0.814 bits per heavy atom. The van der Waals surface area contributed by atoms with Crippen LogP contribution in [0.1, 0.15) is 29.7 Å². The van der Waals surface area contributed by atoms with E-state index in [1.54, 1.807) is 38.5 Å². The van der Waals surface area contributed by atoms with E-state index in [-0.39, 0.29) is 23.0 Å². The maximum atomic E-state index is 13.7. The van der Waals surface area contributed by atoms with E-state index < -0.39 is 15.4 Å². The summed E-state index contributed by atoms with van der Waals surface area (Å²) < 4.78 is 40.8. The fraction of sp³-hybridized carbons (Fsp3) is 0.182. The van der Waals surface area contributed by atoms with Crippen molar-refractivity contribution in [3.05, 3.63) is 114 Å². The van der Waals surface area contributed by atoms with Gasteiger partial charge in [0.05, 0.1) is 41.3 Å². The average Bonchev–Trinajstić information content (AvgIpc) is 3.84. The predicted molar refractivity (Wildman–Crippen MR) is 165 cm³/mol. The molecule has 2 N–H and O–H groups in total. The van der Waals surface area contributed by atoms with Crippen molar-refractivity contribution >= 4 is 38.5 Å². The lowest BCUT2D eigenvalue weighted by atomic mass is 9.95. The van der Waals surface area contributed by atoms with E-state index in [0.717, 1.165) is 24.0 Å².